The summed E-state index contributed by atoms with van der Waals surface area (Å²) in [6.45, 7) is 7.35. The Balaban J connectivity index is 3.12. The largest absolute Gasteiger partial charge is 0.389 e. The van der Waals surface area contributed by atoms with Crippen molar-refractivity contribution in [3.63, 3.8) is 0 Å². The van der Waals surface area contributed by atoms with E-state index in [0.717, 1.165) is 0 Å². The number of non-ortho nitro benzene ring substituents is 1. The zero-order valence-electron chi connectivity index (χ0n) is 12.2. The first-order valence-electron chi connectivity index (χ1n) is 6.42. The van der Waals surface area contributed by atoms with Gasteiger partial charge < -0.3 is 10.0 Å². The smallest absolute Gasteiger partial charge is 0.270 e. The fourth-order valence-electron chi connectivity index (χ4n) is 1.92. The molecule has 6 heteroatoms. The van der Waals surface area contributed by atoms with Gasteiger partial charge in [0, 0.05) is 30.8 Å². The summed E-state index contributed by atoms with van der Waals surface area (Å²) in [6, 6.07) is 4.21. The van der Waals surface area contributed by atoms with Crippen LogP contribution in [-0.2, 0) is 0 Å². The van der Waals surface area contributed by atoms with Gasteiger partial charge in [0.05, 0.1) is 10.5 Å². The molecular formula is C14H20N2O4. The van der Waals surface area contributed by atoms with Crippen molar-refractivity contribution >= 4 is 11.6 Å². The number of carbonyl (C=O) groups is 1. The molecule has 0 saturated carbocycles. The summed E-state index contributed by atoms with van der Waals surface area (Å²) in [4.78, 5) is 24.2. The fraction of sp³-hybridized carbons (Fsp3) is 0.500. The van der Waals surface area contributed by atoms with Crippen LogP contribution in [0.5, 0.6) is 0 Å². The normalized spacial score (nSPS) is 11.2. The Hall–Kier alpha value is -1.95. The predicted octanol–water partition coefficient (Wildman–Crippen LogP) is 2.14. The number of nitro benzene ring substituents is 1. The topological polar surface area (TPSA) is 83.7 Å². The van der Waals surface area contributed by atoms with E-state index in [0.29, 0.717) is 17.7 Å². The molecule has 0 aliphatic carbocycles. The maximum absolute atomic E-state index is 12.4. The van der Waals surface area contributed by atoms with Crippen molar-refractivity contribution in [2.24, 2.45) is 0 Å². The Kier molecular flexibility index (Phi) is 4.83. The summed E-state index contributed by atoms with van der Waals surface area (Å²) >= 11 is 0. The maximum Gasteiger partial charge on any atom is 0.270 e. The minimum absolute atomic E-state index is 0.113. The third-order valence-corrected chi connectivity index (χ3v) is 2.91. The van der Waals surface area contributed by atoms with Crippen LogP contribution >= 0.6 is 0 Å². The molecule has 0 aromatic heterocycles. The van der Waals surface area contributed by atoms with E-state index in [-0.39, 0.29) is 18.1 Å². The number of likely N-dealkylation sites (N-methyl/N-ethyl adjacent to an activating group) is 1. The Morgan fingerprint density at radius 1 is 1.45 bits per heavy atom. The Labute approximate surface area is 118 Å². The van der Waals surface area contributed by atoms with Crippen LogP contribution in [0, 0.1) is 17.0 Å². The number of aryl methyl sites for hydroxylation is 1. The molecule has 0 aliphatic heterocycles. The van der Waals surface area contributed by atoms with E-state index in [4.69, 9.17) is 0 Å². The van der Waals surface area contributed by atoms with Crippen molar-refractivity contribution in [2.45, 2.75) is 33.3 Å². The summed E-state index contributed by atoms with van der Waals surface area (Å²) in [5.74, 6) is -0.309. The highest BCUT2D eigenvalue weighted by Gasteiger charge is 2.24. The monoisotopic (exact) mass is 280 g/mol. The second-order valence-corrected chi connectivity index (χ2v) is 5.39. The number of benzene rings is 1. The van der Waals surface area contributed by atoms with E-state index in [1.807, 2.05) is 0 Å². The highest BCUT2D eigenvalue weighted by Crippen LogP contribution is 2.19. The highest BCUT2D eigenvalue weighted by molar-refractivity contribution is 5.96. The molecule has 20 heavy (non-hydrogen) atoms. The molecule has 1 aromatic carbocycles. The first-order valence-corrected chi connectivity index (χ1v) is 6.42. The van der Waals surface area contributed by atoms with Gasteiger partial charge in [-0.3, -0.25) is 14.9 Å². The molecule has 0 spiro atoms. The molecule has 1 N–H and O–H groups in total. The van der Waals surface area contributed by atoms with Crippen LogP contribution in [0.3, 0.4) is 0 Å². The molecule has 110 valence electrons. The van der Waals surface area contributed by atoms with Gasteiger partial charge in [0.25, 0.3) is 11.6 Å². The Morgan fingerprint density at radius 2 is 2.05 bits per heavy atom. The Morgan fingerprint density at radius 3 is 2.50 bits per heavy atom. The van der Waals surface area contributed by atoms with Crippen LogP contribution in [0.15, 0.2) is 18.2 Å². The molecule has 1 amide bonds. The van der Waals surface area contributed by atoms with Gasteiger partial charge >= 0.3 is 0 Å². The van der Waals surface area contributed by atoms with Gasteiger partial charge in [0.2, 0.25) is 0 Å². The van der Waals surface area contributed by atoms with Crippen molar-refractivity contribution in [3.05, 3.63) is 39.4 Å². The van der Waals surface area contributed by atoms with Gasteiger partial charge in [0.15, 0.2) is 0 Å². The number of aliphatic hydroxyl groups is 1. The fourth-order valence-corrected chi connectivity index (χ4v) is 1.92. The molecular weight excluding hydrogens is 260 g/mol. The lowest BCUT2D eigenvalue weighted by Crippen LogP contribution is -2.42. The van der Waals surface area contributed by atoms with E-state index >= 15 is 0 Å². The zero-order chi connectivity index (χ0) is 15.5. The van der Waals surface area contributed by atoms with E-state index < -0.39 is 10.5 Å². The molecule has 0 saturated heterocycles. The molecule has 1 rings (SSSR count). The summed E-state index contributed by atoms with van der Waals surface area (Å²) in [5.41, 5.74) is -0.154. The van der Waals surface area contributed by atoms with Crippen molar-refractivity contribution in [3.8, 4) is 0 Å². The number of nitro groups is 1. The van der Waals surface area contributed by atoms with Gasteiger partial charge in [-0.15, -0.1) is 0 Å². The van der Waals surface area contributed by atoms with E-state index in [2.05, 4.69) is 0 Å². The average Bonchev–Trinajstić information content (AvgIpc) is 2.34. The van der Waals surface area contributed by atoms with Crippen LogP contribution in [0.25, 0.3) is 0 Å². The molecule has 0 unspecified atom stereocenters. The maximum atomic E-state index is 12.4. The van der Waals surface area contributed by atoms with Gasteiger partial charge in [-0.1, -0.05) is 6.07 Å². The van der Waals surface area contributed by atoms with Crippen LogP contribution in [0.4, 0.5) is 5.69 Å². The molecule has 1 aromatic rings. The molecule has 0 atom stereocenters. The molecule has 0 bridgehead atoms. The second-order valence-electron chi connectivity index (χ2n) is 5.39. The van der Waals surface area contributed by atoms with Crippen LogP contribution in [0.1, 0.15) is 36.7 Å². The molecule has 6 nitrogen and oxygen atoms in total. The third kappa shape index (κ3) is 4.03. The van der Waals surface area contributed by atoms with Crippen LogP contribution in [0.2, 0.25) is 0 Å². The first kappa shape index (κ1) is 16.1. The highest BCUT2D eigenvalue weighted by atomic mass is 16.6. The minimum Gasteiger partial charge on any atom is -0.389 e. The summed E-state index contributed by atoms with van der Waals surface area (Å²) in [5, 5.41) is 20.6. The minimum atomic E-state index is -1.01. The Bertz CT molecular complexity index is 520. The van der Waals surface area contributed by atoms with Crippen LogP contribution in [-0.4, -0.2) is 39.5 Å². The van der Waals surface area contributed by atoms with Crippen molar-refractivity contribution in [2.75, 3.05) is 13.1 Å². The van der Waals surface area contributed by atoms with Gasteiger partial charge in [0.1, 0.15) is 0 Å². The third-order valence-electron chi connectivity index (χ3n) is 2.91. The number of carbonyl (C=O) groups excluding carboxylic acids is 1. The van der Waals surface area contributed by atoms with Crippen molar-refractivity contribution in [1.29, 1.82) is 0 Å². The van der Waals surface area contributed by atoms with Crippen molar-refractivity contribution < 1.29 is 14.8 Å². The molecule has 0 heterocycles. The zero-order valence-corrected chi connectivity index (χ0v) is 12.2. The lowest BCUT2D eigenvalue weighted by Gasteiger charge is -2.28. The predicted molar refractivity (Wildman–Crippen MR) is 75.7 cm³/mol. The lowest BCUT2D eigenvalue weighted by atomic mass is 10.0. The number of amides is 1. The molecule has 0 radical (unpaired) electrons. The molecule has 0 aliphatic rings. The number of rotatable bonds is 5. The first-order chi connectivity index (χ1) is 9.15. The SMILES string of the molecule is CCN(CC(C)(C)O)C(=O)c1cc([N+](=O)[O-])ccc1C. The van der Waals surface area contributed by atoms with Gasteiger partial charge in [-0.05, 0) is 33.3 Å². The van der Waals surface area contributed by atoms with E-state index in [1.54, 1.807) is 33.8 Å². The summed E-state index contributed by atoms with van der Waals surface area (Å²) in [7, 11) is 0. The quantitative estimate of drug-likeness (QED) is 0.661. The average molecular weight is 280 g/mol. The van der Waals surface area contributed by atoms with E-state index in [1.165, 1.54) is 17.0 Å². The number of hydrogen-bond donors (Lipinski definition) is 1. The lowest BCUT2D eigenvalue weighted by molar-refractivity contribution is -0.384. The molecule has 0 fully saturated rings. The van der Waals surface area contributed by atoms with Gasteiger partial charge in [-0.2, -0.15) is 0 Å². The summed E-state index contributed by atoms with van der Waals surface area (Å²) in [6.07, 6.45) is 0. The van der Waals surface area contributed by atoms with E-state index in [9.17, 15) is 20.0 Å². The van der Waals surface area contributed by atoms with Gasteiger partial charge in [-0.25, -0.2) is 0 Å². The number of hydrogen-bond acceptors (Lipinski definition) is 4. The van der Waals surface area contributed by atoms with Crippen molar-refractivity contribution in [1.82, 2.24) is 4.90 Å². The second kappa shape index (κ2) is 6.00. The summed E-state index contributed by atoms with van der Waals surface area (Å²) < 4.78 is 0. The van der Waals surface area contributed by atoms with Crippen LogP contribution < -0.4 is 0 Å². The standard InChI is InChI=1S/C14H20N2O4/c1-5-15(9-14(3,4)18)13(17)12-8-11(16(19)20)7-6-10(12)2/h6-8,18H,5,9H2,1-4H3. The number of nitrogens with zero attached hydrogens (tertiary/aromatic N) is 2.